The maximum absolute atomic E-state index is 6.12. The molecule has 0 saturated carbocycles. The lowest BCUT2D eigenvalue weighted by Gasteiger charge is -1.98. The Balaban J connectivity index is 1.72. The van der Waals surface area contributed by atoms with Crippen molar-refractivity contribution in [2.75, 3.05) is 0 Å². The number of aryl methyl sites for hydroxylation is 1. The highest BCUT2D eigenvalue weighted by atomic mass is 35.5. The predicted molar refractivity (Wildman–Crippen MR) is 74.6 cm³/mol. The number of hydrogen-bond donors (Lipinski definition) is 0. The van der Waals surface area contributed by atoms with Gasteiger partial charge >= 0.3 is 0 Å². The number of rotatable bonds is 4. The lowest BCUT2D eigenvalue weighted by Crippen LogP contribution is -1.93. The molecule has 1 aromatic carbocycles. The van der Waals surface area contributed by atoms with E-state index in [0.717, 1.165) is 11.1 Å². The fourth-order valence-electron chi connectivity index (χ4n) is 1.98. The molecule has 5 nitrogen and oxygen atoms in total. The molecule has 0 spiro atoms. The van der Waals surface area contributed by atoms with Crippen molar-refractivity contribution in [3.63, 3.8) is 0 Å². The van der Waals surface area contributed by atoms with Crippen molar-refractivity contribution >= 4 is 11.6 Å². The molecule has 0 atom stereocenters. The van der Waals surface area contributed by atoms with Gasteiger partial charge in [0.15, 0.2) is 5.82 Å². The lowest BCUT2D eigenvalue weighted by atomic mass is 10.1. The number of benzene rings is 1. The molecule has 20 heavy (non-hydrogen) atoms. The summed E-state index contributed by atoms with van der Waals surface area (Å²) in [6, 6.07) is 7.65. The van der Waals surface area contributed by atoms with Gasteiger partial charge in [0.1, 0.15) is 0 Å². The third-order valence-corrected chi connectivity index (χ3v) is 3.30. The molecule has 0 bridgehead atoms. The highest BCUT2D eigenvalue weighted by Gasteiger charge is 2.10. The number of aromatic nitrogens is 4. The van der Waals surface area contributed by atoms with Crippen molar-refractivity contribution in [2.24, 2.45) is 7.05 Å². The molecule has 2 heterocycles. The van der Waals surface area contributed by atoms with E-state index in [9.17, 15) is 0 Å². The standard InChI is InChI=1S/C14H13ClN4O/c1-19-9-10(8-16-19)6-14-17-13(18-20-14)7-11-4-2-3-5-12(11)15/h2-5,8-9H,6-7H2,1H3. The summed E-state index contributed by atoms with van der Waals surface area (Å²) in [6.45, 7) is 0. The SMILES string of the molecule is Cn1cc(Cc2nc(Cc3ccccc3Cl)no2)cn1. The Bertz CT molecular complexity index is 719. The van der Waals surface area contributed by atoms with Gasteiger partial charge in [0.05, 0.1) is 12.6 Å². The van der Waals surface area contributed by atoms with Crippen LogP contribution in [0.3, 0.4) is 0 Å². The van der Waals surface area contributed by atoms with Gasteiger partial charge in [-0.15, -0.1) is 0 Å². The highest BCUT2D eigenvalue weighted by molar-refractivity contribution is 6.31. The second kappa shape index (κ2) is 5.46. The van der Waals surface area contributed by atoms with Gasteiger partial charge in [-0.05, 0) is 17.2 Å². The molecule has 0 aliphatic heterocycles. The molecule has 6 heteroatoms. The fraction of sp³-hybridized carbons (Fsp3) is 0.214. The van der Waals surface area contributed by atoms with Gasteiger partial charge in [-0.1, -0.05) is 35.0 Å². The highest BCUT2D eigenvalue weighted by Crippen LogP contribution is 2.18. The predicted octanol–water partition coefficient (Wildman–Crippen LogP) is 2.64. The van der Waals surface area contributed by atoms with Gasteiger partial charge in [-0.3, -0.25) is 4.68 Å². The molecule has 0 aliphatic carbocycles. The maximum Gasteiger partial charge on any atom is 0.231 e. The molecule has 2 aromatic heterocycles. The van der Waals surface area contributed by atoms with Crippen molar-refractivity contribution in [3.8, 4) is 0 Å². The van der Waals surface area contributed by atoms with Crippen molar-refractivity contribution in [1.82, 2.24) is 19.9 Å². The third kappa shape index (κ3) is 2.88. The Hall–Kier alpha value is -2.14. The fourth-order valence-corrected chi connectivity index (χ4v) is 2.19. The van der Waals surface area contributed by atoms with Gasteiger partial charge in [0.2, 0.25) is 5.89 Å². The van der Waals surface area contributed by atoms with Crippen LogP contribution in [0.25, 0.3) is 0 Å². The van der Waals surface area contributed by atoms with E-state index in [1.165, 1.54) is 0 Å². The van der Waals surface area contributed by atoms with Gasteiger partial charge in [0, 0.05) is 24.7 Å². The van der Waals surface area contributed by atoms with Gasteiger partial charge in [0.25, 0.3) is 0 Å². The smallest absolute Gasteiger partial charge is 0.231 e. The third-order valence-electron chi connectivity index (χ3n) is 2.93. The topological polar surface area (TPSA) is 56.7 Å². The second-order valence-corrected chi connectivity index (χ2v) is 4.98. The zero-order valence-electron chi connectivity index (χ0n) is 11.0. The van der Waals surface area contributed by atoms with Crippen molar-refractivity contribution in [2.45, 2.75) is 12.8 Å². The van der Waals surface area contributed by atoms with E-state index in [4.69, 9.17) is 16.1 Å². The average molecular weight is 289 g/mol. The number of nitrogens with zero attached hydrogens (tertiary/aromatic N) is 4. The normalized spacial score (nSPS) is 10.9. The molecule has 0 fully saturated rings. The molecule has 0 unspecified atom stereocenters. The van der Waals surface area contributed by atoms with Crippen LogP contribution in [0.2, 0.25) is 5.02 Å². The minimum atomic E-state index is 0.566. The molecule has 0 N–H and O–H groups in total. The largest absolute Gasteiger partial charge is 0.339 e. The number of hydrogen-bond acceptors (Lipinski definition) is 4. The minimum Gasteiger partial charge on any atom is -0.339 e. The van der Waals surface area contributed by atoms with Crippen LogP contribution in [0.4, 0.5) is 0 Å². The summed E-state index contributed by atoms with van der Waals surface area (Å²) in [5, 5.41) is 8.81. The summed E-state index contributed by atoms with van der Waals surface area (Å²) in [6.07, 6.45) is 4.87. The summed E-state index contributed by atoms with van der Waals surface area (Å²) in [5.74, 6) is 1.22. The molecular formula is C14H13ClN4O. The van der Waals surface area contributed by atoms with Crippen LogP contribution in [0.5, 0.6) is 0 Å². The quantitative estimate of drug-likeness (QED) is 0.740. The van der Waals surface area contributed by atoms with Crippen LogP contribution in [0.15, 0.2) is 41.2 Å². The molecule has 3 rings (SSSR count). The first-order chi connectivity index (χ1) is 9.70. The Morgan fingerprint density at radius 2 is 2.10 bits per heavy atom. The molecular weight excluding hydrogens is 276 g/mol. The summed E-state index contributed by atoms with van der Waals surface area (Å²) in [5.41, 5.74) is 2.03. The van der Waals surface area contributed by atoms with E-state index < -0.39 is 0 Å². The Labute approximate surface area is 121 Å². The lowest BCUT2D eigenvalue weighted by molar-refractivity contribution is 0.380. The van der Waals surface area contributed by atoms with Gasteiger partial charge in [-0.2, -0.15) is 10.1 Å². The summed E-state index contributed by atoms with van der Waals surface area (Å²) >= 11 is 6.12. The summed E-state index contributed by atoms with van der Waals surface area (Å²) < 4.78 is 7.00. The molecule has 0 amide bonds. The van der Waals surface area contributed by atoms with Crippen molar-refractivity contribution in [1.29, 1.82) is 0 Å². The molecule has 0 radical (unpaired) electrons. The molecule has 3 aromatic rings. The maximum atomic E-state index is 6.12. The van der Waals surface area contributed by atoms with Crippen LogP contribution in [-0.2, 0) is 19.9 Å². The van der Waals surface area contributed by atoms with Crippen LogP contribution >= 0.6 is 11.6 Å². The second-order valence-electron chi connectivity index (χ2n) is 4.57. The van der Waals surface area contributed by atoms with E-state index in [2.05, 4.69) is 15.2 Å². The summed E-state index contributed by atoms with van der Waals surface area (Å²) in [4.78, 5) is 4.38. The minimum absolute atomic E-state index is 0.566. The van der Waals surface area contributed by atoms with Gasteiger partial charge in [-0.25, -0.2) is 0 Å². The Morgan fingerprint density at radius 3 is 2.85 bits per heavy atom. The molecule has 0 aliphatic rings. The van der Waals surface area contributed by atoms with Crippen LogP contribution < -0.4 is 0 Å². The molecule has 102 valence electrons. The zero-order chi connectivity index (χ0) is 13.9. The van der Waals surface area contributed by atoms with E-state index in [1.54, 1.807) is 10.9 Å². The van der Waals surface area contributed by atoms with Crippen molar-refractivity contribution < 1.29 is 4.52 Å². The monoisotopic (exact) mass is 288 g/mol. The first-order valence-corrected chi connectivity index (χ1v) is 6.61. The van der Waals surface area contributed by atoms with E-state index >= 15 is 0 Å². The zero-order valence-corrected chi connectivity index (χ0v) is 11.7. The summed E-state index contributed by atoms with van der Waals surface area (Å²) in [7, 11) is 1.88. The molecule has 0 saturated heterocycles. The Kier molecular flexibility index (Phi) is 3.52. The van der Waals surface area contributed by atoms with Crippen LogP contribution in [0, 0.1) is 0 Å². The van der Waals surface area contributed by atoms with Crippen LogP contribution in [-0.4, -0.2) is 19.9 Å². The van der Waals surface area contributed by atoms with E-state index in [-0.39, 0.29) is 0 Å². The average Bonchev–Trinajstić information content (AvgIpc) is 3.02. The Morgan fingerprint density at radius 1 is 1.25 bits per heavy atom. The van der Waals surface area contributed by atoms with E-state index in [0.29, 0.717) is 29.6 Å². The van der Waals surface area contributed by atoms with Crippen molar-refractivity contribution in [3.05, 3.63) is 64.5 Å². The first-order valence-electron chi connectivity index (χ1n) is 6.23. The van der Waals surface area contributed by atoms with Crippen LogP contribution in [0.1, 0.15) is 22.8 Å². The van der Waals surface area contributed by atoms with E-state index in [1.807, 2.05) is 37.5 Å². The number of halogens is 1. The van der Waals surface area contributed by atoms with Gasteiger partial charge < -0.3 is 4.52 Å². The first kappa shape index (κ1) is 12.9.